The summed E-state index contributed by atoms with van der Waals surface area (Å²) < 4.78 is 80.1. The summed E-state index contributed by atoms with van der Waals surface area (Å²) >= 11 is 0. The summed E-state index contributed by atoms with van der Waals surface area (Å²) in [4.78, 5) is 29.9. The molecule has 0 bridgehead atoms. The molecule has 0 saturated carbocycles. The van der Waals surface area contributed by atoms with Crippen LogP contribution in [0, 0.1) is 11.6 Å². The minimum absolute atomic E-state index is 0.0154. The van der Waals surface area contributed by atoms with Crippen molar-refractivity contribution in [3.8, 4) is 17.1 Å². The minimum atomic E-state index is -5.42. The van der Waals surface area contributed by atoms with Crippen LogP contribution in [0.4, 0.5) is 26.7 Å². The van der Waals surface area contributed by atoms with Gasteiger partial charge in [-0.25, -0.2) is 23.2 Å². The summed E-state index contributed by atoms with van der Waals surface area (Å²) in [5.41, 5.74) is -6.15. The Balaban J connectivity index is 1.49. The maximum absolute atomic E-state index is 14.8. The third kappa shape index (κ3) is 7.59. The van der Waals surface area contributed by atoms with Gasteiger partial charge in [-0.1, -0.05) is 30.3 Å². The highest BCUT2D eigenvalue weighted by atomic mass is 19.4. The van der Waals surface area contributed by atoms with Gasteiger partial charge in [0.25, 0.3) is 5.91 Å². The number of alkyl carbamates (subject to hydrolysis) is 1. The van der Waals surface area contributed by atoms with Gasteiger partial charge in [-0.2, -0.15) is 23.4 Å². The summed E-state index contributed by atoms with van der Waals surface area (Å²) in [6, 6.07) is 16.4. The number of pyridine rings is 1. The molecule has 0 radical (unpaired) electrons. The van der Waals surface area contributed by atoms with Crippen LogP contribution in [0.1, 0.15) is 41.2 Å². The van der Waals surface area contributed by atoms with Crippen molar-refractivity contribution >= 4 is 12.0 Å². The average molecular weight is 684 g/mol. The first-order valence-corrected chi connectivity index (χ1v) is 14.7. The fraction of sp³-hybridized carbons (Fsp3) is 0.242. The van der Waals surface area contributed by atoms with E-state index in [0.717, 1.165) is 28.9 Å². The second-order valence-corrected chi connectivity index (χ2v) is 11.6. The van der Waals surface area contributed by atoms with Crippen LogP contribution in [-0.4, -0.2) is 54.4 Å². The molecule has 5 rings (SSSR count). The van der Waals surface area contributed by atoms with E-state index in [0.29, 0.717) is 5.56 Å². The molecule has 0 aliphatic heterocycles. The lowest BCUT2D eigenvalue weighted by Gasteiger charge is -2.33. The van der Waals surface area contributed by atoms with Crippen LogP contribution in [0.3, 0.4) is 0 Å². The van der Waals surface area contributed by atoms with Gasteiger partial charge >= 0.3 is 12.3 Å². The lowest BCUT2D eigenvalue weighted by atomic mass is 9.88. The molecule has 2 amide bonds. The number of carbonyl (C=O) groups excluding carboxylic acids is 2. The number of hydrogen-bond acceptors (Lipinski definition) is 7. The second kappa shape index (κ2) is 13.5. The number of carbonyl (C=O) groups is 2. The zero-order chi connectivity index (χ0) is 35.6. The normalized spacial score (nSPS) is 13.1. The summed E-state index contributed by atoms with van der Waals surface area (Å²) in [6.07, 6.45) is -3.31. The Morgan fingerprint density at radius 2 is 1.69 bits per heavy atom. The van der Waals surface area contributed by atoms with Crippen LogP contribution in [-0.2, 0) is 29.5 Å². The Bertz CT molecular complexity index is 1960. The molecule has 1 unspecified atom stereocenters. The van der Waals surface area contributed by atoms with Crippen molar-refractivity contribution in [2.75, 3.05) is 6.54 Å². The molecular formula is C33H30F5N7O4. The zero-order valence-corrected chi connectivity index (χ0v) is 26.3. The third-order valence-corrected chi connectivity index (χ3v) is 7.63. The van der Waals surface area contributed by atoms with E-state index in [1.54, 1.807) is 42.6 Å². The summed E-state index contributed by atoms with van der Waals surface area (Å²) in [5, 5.41) is 24.1. The first kappa shape index (κ1) is 34.7. The summed E-state index contributed by atoms with van der Waals surface area (Å²) in [6.45, 7) is 1.41. The molecule has 0 saturated heterocycles. The number of ether oxygens (including phenoxy) is 1. The number of hydrogen-bond donors (Lipinski definition) is 3. The van der Waals surface area contributed by atoms with Crippen molar-refractivity contribution in [1.82, 2.24) is 35.2 Å². The molecule has 0 aliphatic carbocycles. The van der Waals surface area contributed by atoms with E-state index in [1.165, 1.54) is 43.9 Å². The Morgan fingerprint density at radius 3 is 2.35 bits per heavy atom. The molecular weight excluding hydrogens is 653 g/mol. The SMILES string of the molecule is Cn1nc(-n2cccn2)cc1C(=O)NCC(O)(c1cc(C(C)(C)NC(=O)OCc2ccccc2)cc(-c2ccc(F)c(F)c2)n1)C(F)(F)F. The molecule has 0 aliphatic rings. The Labute approximate surface area is 276 Å². The van der Waals surface area contributed by atoms with Crippen LogP contribution in [0.25, 0.3) is 17.1 Å². The highest BCUT2D eigenvalue weighted by molar-refractivity contribution is 5.93. The molecule has 3 aromatic heterocycles. The number of nitrogens with zero attached hydrogens (tertiary/aromatic N) is 5. The van der Waals surface area contributed by atoms with E-state index in [1.807, 2.05) is 0 Å². The van der Waals surface area contributed by atoms with Gasteiger partial charge < -0.3 is 20.5 Å². The molecule has 5 aromatic rings. The van der Waals surface area contributed by atoms with E-state index in [2.05, 4.69) is 25.8 Å². The lowest BCUT2D eigenvalue weighted by molar-refractivity contribution is -0.265. The van der Waals surface area contributed by atoms with Gasteiger partial charge in [-0.15, -0.1) is 0 Å². The Kier molecular flexibility index (Phi) is 9.53. The summed E-state index contributed by atoms with van der Waals surface area (Å²) in [5.74, 6) is -3.29. The lowest BCUT2D eigenvalue weighted by Crippen LogP contribution is -2.52. The Hall–Kier alpha value is -5.64. The van der Waals surface area contributed by atoms with Gasteiger partial charge in [0.15, 0.2) is 17.5 Å². The van der Waals surface area contributed by atoms with Crippen LogP contribution in [0.5, 0.6) is 0 Å². The number of halogens is 5. The third-order valence-electron chi connectivity index (χ3n) is 7.63. The zero-order valence-electron chi connectivity index (χ0n) is 26.3. The topological polar surface area (TPSA) is 136 Å². The van der Waals surface area contributed by atoms with Crippen molar-refractivity contribution in [3.63, 3.8) is 0 Å². The van der Waals surface area contributed by atoms with Gasteiger partial charge in [0.2, 0.25) is 5.60 Å². The van der Waals surface area contributed by atoms with Crippen molar-refractivity contribution in [2.24, 2.45) is 7.05 Å². The van der Waals surface area contributed by atoms with E-state index >= 15 is 0 Å². The van der Waals surface area contributed by atoms with Gasteiger partial charge in [0.1, 0.15) is 12.3 Å². The molecule has 0 spiro atoms. The van der Waals surface area contributed by atoms with Crippen molar-refractivity contribution in [2.45, 2.75) is 37.8 Å². The molecule has 16 heteroatoms. The van der Waals surface area contributed by atoms with Crippen LogP contribution < -0.4 is 10.6 Å². The standard InChI is InChI=1S/C33H30F5N7O4/c1-31(2,42-30(47)49-18-20-8-5-4-6-9-20)22-15-25(21-10-11-23(34)24(35)14-21)41-27(16-22)32(48,33(36,37)38)19-39-29(46)26-17-28(43-44(26)3)45-13-7-12-40-45/h4-17,48H,18-19H2,1-3H3,(H,39,46)(H,42,47). The Morgan fingerprint density at radius 1 is 0.959 bits per heavy atom. The van der Waals surface area contributed by atoms with Gasteiger partial charge in [0, 0.05) is 31.1 Å². The number of rotatable bonds is 10. The van der Waals surface area contributed by atoms with Crippen LogP contribution in [0.15, 0.2) is 85.2 Å². The minimum Gasteiger partial charge on any atom is -0.445 e. The quantitative estimate of drug-likeness (QED) is 0.170. The van der Waals surface area contributed by atoms with E-state index < -0.39 is 53.2 Å². The molecule has 11 nitrogen and oxygen atoms in total. The van der Waals surface area contributed by atoms with Gasteiger partial charge in [-0.3, -0.25) is 9.48 Å². The van der Waals surface area contributed by atoms with Gasteiger partial charge in [-0.05, 0) is 61.4 Å². The first-order chi connectivity index (χ1) is 23.1. The average Bonchev–Trinajstić information content (AvgIpc) is 3.73. The molecule has 256 valence electrons. The van der Waals surface area contributed by atoms with Gasteiger partial charge in [0.05, 0.1) is 23.5 Å². The summed E-state index contributed by atoms with van der Waals surface area (Å²) in [7, 11) is 1.40. The maximum atomic E-state index is 14.8. The molecule has 1 atom stereocenters. The van der Waals surface area contributed by atoms with Crippen molar-refractivity contribution < 1.29 is 41.4 Å². The maximum Gasteiger partial charge on any atom is 0.424 e. The van der Waals surface area contributed by atoms with E-state index in [9.17, 15) is 36.6 Å². The predicted octanol–water partition coefficient (Wildman–Crippen LogP) is 5.29. The predicted molar refractivity (Wildman–Crippen MR) is 165 cm³/mol. The first-order valence-electron chi connectivity index (χ1n) is 14.7. The monoisotopic (exact) mass is 683 g/mol. The molecule has 0 fully saturated rings. The van der Waals surface area contributed by atoms with E-state index in [-0.39, 0.29) is 34.9 Å². The van der Waals surface area contributed by atoms with Crippen LogP contribution in [0.2, 0.25) is 0 Å². The molecule has 2 aromatic carbocycles. The second-order valence-electron chi connectivity index (χ2n) is 11.6. The van der Waals surface area contributed by atoms with Crippen LogP contribution >= 0.6 is 0 Å². The number of nitrogens with one attached hydrogen (secondary N) is 2. The van der Waals surface area contributed by atoms with E-state index in [4.69, 9.17) is 4.74 Å². The highest BCUT2D eigenvalue weighted by Gasteiger charge is 2.57. The van der Waals surface area contributed by atoms with Crippen molar-refractivity contribution in [1.29, 1.82) is 0 Å². The highest BCUT2D eigenvalue weighted by Crippen LogP contribution is 2.40. The molecule has 3 heterocycles. The number of amides is 2. The number of benzene rings is 2. The fourth-order valence-electron chi connectivity index (χ4n) is 4.81. The number of alkyl halides is 3. The smallest absolute Gasteiger partial charge is 0.424 e. The molecule has 3 N–H and O–H groups in total. The fourth-order valence-corrected chi connectivity index (χ4v) is 4.81. The largest absolute Gasteiger partial charge is 0.445 e. The number of aromatic nitrogens is 5. The number of aryl methyl sites for hydroxylation is 1. The molecule has 49 heavy (non-hydrogen) atoms. The van der Waals surface area contributed by atoms with Crippen molar-refractivity contribution in [3.05, 3.63) is 119 Å². The number of aliphatic hydroxyl groups is 1.